The fraction of sp³-hybridized carbons (Fsp3) is 0.333. The number of hydrazine groups is 1. The summed E-state index contributed by atoms with van der Waals surface area (Å²) in [6.45, 7) is 5.62. The highest BCUT2D eigenvalue weighted by molar-refractivity contribution is 5.92. The quantitative estimate of drug-likeness (QED) is 0.188. The lowest BCUT2D eigenvalue weighted by atomic mass is 9.87. The Bertz CT molecular complexity index is 1410. The second-order valence-electron chi connectivity index (χ2n) is 11.3. The van der Waals surface area contributed by atoms with Crippen LogP contribution in [0.15, 0.2) is 78.9 Å². The molecule has 3 aromatic rings. The lowest BCUT2D eigenvalue weighted by Gasteiger charge is -2.28. The van der Waals surface area contributed by atoms with E-state index < -0.39 is 41.6 Å². The number of hydrogen-bond donors (Lipinski definition) is 4. The monoisotopic (exact) mass is 602 g/mol. The standard InChI is InChI=1S/C33H38N4O7/c1-33(2,3)44-32(41)35-25(17-11-12-20-34-31(40)42-21-22-13-5-4-6-14-22)29(38)36-37-30(39)28-23-15-7-9-18-26(23)43-27-19-10-8-16-24(27)28/h4-10,13-16,18-19,25,28H,11-12,17,20-21H2,1-3H3,(H,34,40)(H,35,41)(H,36,38)(H,37,39)/t25-/m1/s1. The molecule has 4 N–H and O–H groups in total. The van der Waals surface area contributed by atoms with E-state index in [9.17, 15) is 19.2 Å². The van der Waals surface area contributed by atoms with Crippen LogP contribution in [0.25, 0.3) is 0 Å². The second-order valence-corrected chi connectivity index (χ2v) is 11.3. The number of fused-ring (bicyclic) bond motifs is 2. The van der Waals surface area contributed by atoms with Crippen LogP contribution in [0.1, 0.15) is 62.6 Å². The molecule has 11 nitrogen and oxygen atoms in total. The topological polar surface area (TPSA) is 144 Å². The molecule has 1 atom stereocenters. The molecule has 3 aromatic carbocycles. The maximum absolute atomic E-state index is 13.4. The lowest BCUT2D eigenvalue weighted by molar-refractivity contribution is -0.130. The van der Waals surface area contributed by atoms with E-state index in [1.807, 2.05) is 54.6 Å². The van der Waals surface area contributed by atoms with E-state index in [0.29, 0.717) is 42.0 Å². The Hall–Kier alpha value is -5.06. The molecule has 0 unspecified atom stereocenters. The first kappa shape index (κ1) is 31.9. The van der Waals surface area contributed by atoms with Crippen molar-refractivity contribution in [2.24, 2.45) is 0 Å². The number of benzene rings is 3. The van der Waals surface area contributed by atoms with Crippen LogP contribution in [0.3, 0.4) is 0 Å². The Balaban J connectivity index is 1.31. The van der Waals surface area contributed by atoms with Crippen molar-refractivity contribution >= 4 is 24.0 Å². The van der Waals surface area contributed by atoms with Gasteiger partial charge in [-0.2, -0.15) is 0 Å². The maximum atomic E-state index is 13.4. The number of hydrogen-bond acceptors (Lipinski definition) is 7. The third-order valence-electron chi connectivity index (χ3n) is 6.66. The van der Waals surface area contributed by atoms with E-state index >= 15 is 0 Å². The average molecular weight is 603 g/mol. The molecule has 1 aliphatic rings. The zero-order chi connectivity index (χ0) is 31.5. The van der Waals surface area contributed by atoms with Crippen molar-refractivity contribution in [3.05, 3.63) is 95.6 Å². The van der Waals surface area contributed by atoms with Gasteiger partial charge in [-0.05, 0) is 57.7 Å². The van der Waals surface area contributed by atoms with E-state index in [2.05, 4.69) is 21.5 Å². The van der Waals surface area contributed by atoms with Crippen molar-refractivity contribution in [1.82, 2.24) is 21.5 Å². The number of rotatable bonds is 10. The summed E-state index contributed by atoms with van der Waals surface area (Å²) in [5, 5.41) is 5.27. The highest BCUT2D eigenvalue weighted by Gasteiger charge is 2.33. The normalized spacial score (nSPS) is 12.8. The molecular formula is C33H38N4O7. The van der Waals surface area contributed by atoms with Gasteiger partial charge in [0.05, 0.1) is 5.92 Å². The third kappa shape index (κ3) is 9.22. The lowest BCUT2D eigenvalue weighted by Crippen LogP contribution is -2.53. The molecule has 4 rings (SSSR count). The molecule has 0 radical (unpaired) electrons. The minimum atomic E-state index is -1.01. The van der Waals surface area contributed by atoms with Gasteiger partial charge in [0.1, 0.15) is 29.7 Å². The summed E-state index contributed by atoms with van der Waals surface area (Å²) in [6, 6.07) is 22.8. The summed E-state index contributed by atoms with van der Waals surface area (Å²) in [6.07, 6.45) is -0.0955. The summed E-state index contributed by atoms with van der Waals surface area (Å²) >= 11 is 0. The third-order valence-corrected chi connectivity index (χ3v) is 6.66. The first-order chi connectivity index (χ1) is 21.1. The molecule has 0 saturated heterocycles. The molecule has 232 valence electrons. The zero-order valence-electron chi connectivity index (χ0n) is 25.1. The minimum absolute atomic E-state index is 0.158. The Kier molecular flexibility index (Phi) is 10.8. The smallest absolute Gasteiger partial charge is 0.408 e. The molecule has 0 saturated carbocycles. The van der Waals surface area contributed by atoms with Crippen molar-refractivity contribution in [3.63, 3.8) is 0 Å². The first-order valence-corrected chi connectivity index (χ1v) is 14.5. The molecule has 4 amide bonds. The van der Waals surface area contributed by atoms with Crippen molar-refractivity contribution in [2.45, 2.75) is 64.2 Å². The number of carbonyl (C=O) groups excluding carboxylic acids is 4. The van der Waals surface area contributed by atoms with E-state index in [1.54, 1.807) is 45.0 Å². The molecule has 44 heavy (non-hydrogen) atoms. The Morgan fingerprint density at radius 2 is 1.41 bits per heavy atom. The summed E-state index contributed by atoms with van der Waals surface area (Å²) in [5.74, 6) is -0.690. The van der Waals surface area contributed by atoms with Gasteiger partial charge in [-0.15, -0.1) is 0 Å². The largest absolute Gasteiger partial charge is 0.457 e. The fourth-order valence-corrected chi connectivity index (χ4v) is 4.63. The summed E-state index contributed by atoms with van der Waals surface area (Å²) < 4.78 is 16.5. The van der Waals surface area contributed by atoms with Crippen molar-refractivity contribution in [3.8, 4) is 11.5 Å². The maximum Gasteiger partial charge on any atom is 0.408 e. The molecule has 0 aliphatic carbocycles. The van der Waals surface area contributed by atoms with Crippen LogP contribution >= 0.6 is 0 Å². The van der Waals surface area contributed by atoms with E-state index in [1.165, 1.54) is 0 Å². The highest BCUT2D eigenvalue weighted by atomic mass is 16.6. The van der Waals surface area contributed by atoms with Crippen molar-refractivity contribution in [1.29, 1.82) is 0 Å². The van der Waals surface area contributed by atoms with E-state index in [0.717, 1.165) is 5.56 Å². The van der Waals surface area contributed by atoms with Gasteiger partial charge in [0.2, 0.25) is 0 Å². The molecule has 0 spiro atoms. The second kappa shape index (κ2) is 14.9. The van der Waals surface area contributed by atoms with Gasteiger partial charge in [-0.1, -0.05) is 66.7 Å². The van der Waals surface area contributed by atoms with Crippen LogP contribution < -0.4 is 26.2 Å². The predicted octanol–water partition coefficient (Wildman–Crippen LogP) is 5.06. The molecule has 0 aromatic heterocycles. The number of para-hydroxylation sites is 2. The van der Waals surface area contributed by atoms with Crippen molar-refractivity contribution in [2.75, 3.05) is 6.54 Å². The zero-order valence-corrected chi connectivity index (χ0v) is 25.1. The van der Waals surface area contributed by atoms with Crippen LogP contribution in [0.4, 0.5) is 9.59 Å². The number of carbonyl (C=O) groups is 4. The highest BCUT2D eigenvalue weighted by Crippen LogP contribution is 2.43. The van der Waals surface area contributed by atoms with Gasteiger partial charge in [-0.25, -0.2) is 9.59 Å². The van der Waals surface area contributed by atoms with Gasteiger partial charge in [0.15, 0.2) is 0 Å². The number of unbranched alkanes of at least 4 members (excludes halogenated alkanes) is 1. The average Bonchev–Trinajstić information content (AvgIpc) is 3.00. The molecule has 1 heterocycles. The summed E-state index contributed by atoms with van der Waals surface area (Å²) in [7, 11) is 0. The number of alkyl carbamates (subject to hydrolysis) is 2. The number of amides is 4. The predicted molar refractivity (Wildman–Crippen MR) is 163 cm³/mol. The molecule has 11 heteroatoms. The van der Waals surface area contributed by atoms with Crippen LogP contribution in [0.5, 0.6) is 11.5 Å². The van der Waals surface area contributed by atoms with E-state index in [4.69, 9.17) is 14.2 Å². The molecule has 0 bridgehead atoms. The fourth-order valence-electron chi connectivity index (χ4n) is 4.63. The van der Waals surface area contributed by atoms with Crippen LogP contribution in [0.2, 0.25) is 0 Å². The van der Waals surface area contributed by atoms with Gasteiger partial charge in [0, 0.05) is 17.7 Å². The Labute approximate surface area is 256 Å². The number of nitrogens with one attached hydrogen (secondary N) is 4. The van der Waals surface area contributed by atoms with Gasteiger partial charge >= 0.3 is 12.2 Å². The van der Waals surface area contributed by atoms with Crippen LogP contribution in [-0.4, -0.2) is 42.2 Å². The van der Waals surface area contributed by atoms with Crippen LogP contribution in [0, 0.1) is 0 Å². The summed E-state index contributed by atoms with van der Waals surface area (Å²) in [4.78, 5) is 51.2. The first-order valence-electron chi connectivity index (χ1n) is 14.5. The van der Waals surface area contributed by atoms with Gasteiger partial charge < -0.3 is 24.8 Å². The van der Waals surface area contributed by atoms with Crippen molar-refractivity contribution < 1.29 is 33.4 Å². The molecular weight excluding hydrogens is 564 g/mol. The summed E-state index contributed by atoms with van der Waals surface area (Å²) in [5.41, 5.74) is 6.41. The minimum Gasteiger partial charge on any atom is -0.457 e. The van der Waals surface area contributed by atoms with Gasteiger partial charge in [0.25, 0.3) is 11.8 Å². The van der Waals surface area contributed by atoms with E-state index in [-0.39, 0.29) is 13.0 Å². The molecule has 1 aliphatic heterocycles. The Morgan fingerprint density at radius 1 is 0.795 bits per heavy atom. The SMILES string of the molecule is CC(C)(C)OC(=O)N[C@H](CCCCNC(=O)OCc1ccccc1)C(=O)NNC(=O)C1c2ccccc2Oc2ccccc21. The number of ether oxygens (including phenoxy) is 3. The van der Waals surface area contributed by atoms with Crippen LogP contribution in [-0.2, 0) is 25.7 Å². The Morgan fingerprint density at radius 3 is 2.05 bits per heavy atom. The van der Waals surface area contributed by atoms with Gasteiger partial charge in [-0.3, -0.25) is 20.4 Å². The molecule has 0 fully saturated rings.